The van der Waals surface area contributed by atoms with Gasteiger partial charge in [-0.05, 0) is 31.7 Å². The van der Waals surface area contributed by atoms with Gasteiger partial charge < -0.3 is 5.32 Å². The lowest BCUT2D eigenvalue weighted by Crippen LogP contribution is -2.13. The number of aryl methyl sites for hydroxylation is 1. The minimum Gasteiger partial charge on any atom is -0.315 e. The topological polar surface area (TPSA) is 58.2 Å². The van der Waals surface area contributed by atoms with Crippen LogP contribution in [0.25, 0.3) is 0 Å². The highest BCUT2D eigenvalue weighted by atomic mass is 32.2. The molecule has 6 heteroatoms. The largest absolute Gasteiger partial charge is 0.315 e. The molecule has 2 aromatic rings. The summed E-state index contributed by atoms with van der Waals surface area (Å²) in [7, 11) is -1.67. The van der Waals surface area contributed by atoms with Crippen LogP contribution in [0.15, 0.2) is 40.6 Å². The molecule has 2 rings (SSSR count). The number of sulfonamides is 1. The van der Waals surface area contributed by atoms with Crippen LogP contribution >= 0.6 is 11.3 Å². The first-order valence-corrected chi connectivity index (χ1v) is 8.19. The summed E-state index contributed by atoms with van der Waals surface area (Å²) in [4.78, 5) is 1.30. The molecule has 1 aromatic carbocycles. The molecule has 0 amide bonds. The van der Waals surface area contributed by atoms with Gasteiger partial charge in [-0.2, -0.15) is 0 Å². The molecule has 4 nitrogen and oxygen atoms in total. The van der Waals surface area contributed by atoms with Gasteiger partial charge in [0.1, 0.15) is 0 Å². The van der Waals surface area contributed by atoms with E-state index in [0.717, 1.165) is 10.4 Å². The summed E-state index contributed by atoms with van der Waals surface area (Å²) in [6.45, 7) is 2.54. The zero-order valence-corrected chi connectivity index (χ0v) is 12.4. The van der Waals surface area contributed by atoms with Gasteiger partial charge in [-0.3, -0.25) is 4.72 Å². The molecule has 1 heterocycles. The zero-order valence-electron chi connectivity index (χ0n) is 10.8. The van der Waals surface area contributed by atoms with Crippen LogP contribution in [-0.2, 0) is 16.6 Å². The zero-order chi connectivity index (χ0) is 13.9. The summed E-state index contributed by atoms with van der Waals surface area (Å²) in [5, 5.41) is 4.66. The van der Waals surface area contributed by atoms with Crippen LogP contribution < -0.4 is 10.0 Å². The van der Waals surface area contributed by atoms with Gasteiger partial charge in [0.2, 0.25) is 0 Å². The quantitative estimate of drug-likeness (QED) is 0.891. The third-order valence-corrected chi connectivity index (χ3v) is 5.11. The second-order valence-electron chi connectivity index (χ2n) is 4.20. The van der Waals surface area contributed by atoms with E-state index in [-0.39, 0.29) is 0 Å². The Morgan fingerprint density at radius 1 is 1.26 bits per heavy atom. The van der Waals surface area contributed by atoms with Gasteiger partial charge in [-0.15, -0.1) is 11.3 Å². The lowest BCUT2D eigenvalue weighted by atomic mass is 10.2. The first kappa shape index (κ1) is 14.0. The SMILES string of the molecule is CNCc1cc(S(=O)(=O)Nc2ccccc2C)cs1. The van der Waals surface area contributed by atoms with Crippen LogP contribution in [0, 0.1) is 6.92 Å². The summed E-state index contributed by atoms with van der Waals surface area (Å²) >= 11 is 1.43. The fraction of sp³-hybridized carbons (Fsp3) is 0.231. The molecule has 0 spiro atoms. The molecule has 0 radical (unpaired) electrons. The van der Waals surface area contributed by atoms with E-state index in [0.29, 0.717) is 17.1 Å². The predicted octanol–water partition coefficient (Wildman–Crippen LogP) is 2.58. The van der Waals surface area contributed by atoms with E-state index >= 15 is 0 Å². The molecular formula is C13H16N2O2S2. The Kier molecular flexibility index (Phi) is 4.24. The summed E-state index contributed by atoms with van der Waals surface area (Å²) in [6, 6.07) is 9.01. The van der Waals surface area contributed by atoms with Gasteiger partial charge in [-0.1, -0.05) is 18.2 Å². The lowest BCUT2D eigenvalue weighted by molar-refractivity contribution is 0.601. The fourth-order valence-corrected chi connectivity index (χ4v) is 4.08. The molecule has 0 unspecified atom stereocenters. The number of hydrogen-bond acceptors (Lipinski definition) is 4. The summed E-state index contributed by atoms with van der Waals surface area (Å²) in [6.07, 6.45) is 0. The first-order valence-electron chi connectivity index (χ1n) is 5.83. The monoisotopic (exact) mass is 296 g/mol. The summed E-state index contributed by atoms with van der Waals surface area (Å²) < 4.78 is 27.1. The van der Waals surface area contributed by atoms with Crippen molar-refractivity contribution in [3.63, 3.8) is 0 Å². The fourth-order valence-electron chi connectivity index (χ4n) is 1.66. The van der Waals surface area contributed by atoms with Crippen LogP contribution in [0.4, 0.5) is 5.69 Å². The van der Waals surface area contributed by atoms with E-state index in [1.807, 2.05) is 32.2 Å². The van der Waals surface area contributed by atoms with Crippen molar-refractivity contribution in [3.8, 4) is 0 Å². The van der Waals surface area contributed by atoms with Crippen molar-refractivity contribution in [3.05, 3.63) is 46.2 Å². The highest BCUT2D eigenvalue weighted by Gasteiger charge is 2.16. The number of nitrogens with one attached hydrogen (secondary N) is 2. The van der Waals surface area contributed by atoms with Crippen LogP contribution in [-0.4, -0.2) is 15.5 Å². The summed E-state index contributed by atoms with van der Waals surface area (Å²) in [5.41, 5.74) is 1.51. The van der Waals surface area contributed by atoms with Gasteiger partial charge in [0.15, 0.2) is 0 Å². The summed E-state index contributed by atoms with van der Waals surface area (Å²) in [5.74, 6) is 0. The third kappa shape index (κ3) is 3.34. The Hall–Kier alpha value is -1.37. The average Bonchev–Trinajstić information content (AvgIpc) is 2.82. The van der Waals surface area contributed by atoms with Crippen molar-refractivity contribution in [2.24, 2.45) is 0 Å². The van der Waals surface area contributed by atoms with Crippen molar-refractivity contribution in [1.29, 1.82) is 0 Å². The Balaban J connectivity index is 2.25. The Morgan fingerprint density at radius 2 is 2.00 bits per heavy atom. The number of hydrogen-bond donors (Lipinski definition) is 2. The van der Waals surface area contributed by atoms with E-state index in [9.17, 15) is 8.42 Å². The molecule has 19 heavy (non-hydrogen) atoms. The number of thiophene rings is 1. The van der Waals surface area contributed by atoms with Crippen LogP contribution in [0.1, 0.15) is 10.4 Å². The molecule has 2 N–H and O–H groups in total. The highest BCUT2D eigenvalue weighted by molar-refractivity contribution is 7.92. The predicted molar refractivity (Wildman–Crippen MR) is 79.1 cm³/mol. The standard InChI is InChI=1S/C13H16N2O2S2/c1-10-5-3-4-6-13(10)15-19(16,17)12-7-11(8-14-2)18-9-12/h3-7,9,14-15H,8H2,1-2H3. The van der Waals surface area contributed by atoms with Crippen LogP contribution in [0.2, 0.25) is 0 Å². The highest BCUT2D eigenvalue weighted by Crippen LogP contribution is 2.23. The van der Waals surface area contributed by atoms with Crippen LogP contribution in [0.3, 0.4) is 0 Å². The van der Waals surface area contributed by atoms with Gasteiger partial charge in [-0.25, -0.2) is 8.42 Å². The van der Waals surface area contributed by atoms with Gasteiger partial charge in [0, 0.05) is 16.8 Å². The minimum absolute atomic E-state index is 0.311. The van der Waals surface area contributed by atoms with Crippen LogP contribution in [0.5, 0.6) is 0 Å². The first-order chi connectivity index (χ1) is 9.03. The molecule has 102 valence electrons. The molecule has 0 fully saturated rings. The van der Waals surface area contributed by atoms with Gasteiger partial charge in [0.05, 0.1) is 10.6 Å². The van der Waals surface area contributed by atoms with Crippen molar-refractivity contribution >= 4 is 27.0 Å². The second kappa shape index (κ2) is 5.73. The molecule has 0 aliphatic carbocycles. The van der Waals surface area contributed by atoms with E-state index in [1.54, 1.807) is 17.5 Å². The maximum atomic E-state index is 12.2. The smallest absolute Gasteiger partial charge is 0.262 e. The molecule has 0 saturated heterocycles. The number of benzene rings is 1. The van der Waals surface area contributed by atoms with E-state index in [1.165, 1.54) is 11.3 Å². The lowest BCUT2D eigenvalue weighted by Gasteiger charge is -2.08. The average molecular weight is 296 g/mol. The Morgan fingerprint density at radius 3 is 2.68 bits per heavy atom. The van der Waals surface area contributed by atoms with Crippen molar-refractivity contribution in [2.45, 2.75) is 18.4 Å². The maximum Gasteiger partial charge on any atom is 0.262 e. The molecule has 0 bridgehead atoms. The molecule has 0 aliphatic rings. The third-order valence-electron chi connectivity index (χ3n) is 2.68. The maximum absolute atomic E-state index is 12.2. The molecule has 0 atom stereocenters. The molecule has 0 saturated carbocycles. The molecule has 1 aromatic heterocycles. The number of rotatable bonds is 5. The number of para-hydroxylation sites is 1. The van der Waals surface area contributed by atoms with Crippen molar-refractivity contribution in [2.75, 3.05) is 11.8 Å². The minimum atomic E-state index is -3.50. The number of anilines is 1. The normalized spacial score (nSPS) is 11.5. The Bertz CT molecular complexity index is 663. The van der Waals surface area contributed by atoms with Crippen molar-refractivity contribution < 1.29 is 8.42 Å². The molecular weight excluding hydrogens is 280 g/mol. The van der Waals surface area contributed by atoms with E-state index < -0.39 is 10.0 Å². The van der Waals surface area contributed by atoms with Gasteiger partial charge >= 0.3 is 0 Å². The second-order valence-corrected chi connectivity index (χ2v) is 6.88. The van der Waals surface area contributed by atoms with E-state index in [4.69, 9.17) is 0 Å². The Labute approximate surface area is 117 Å². The van der Waals surface area contributed by atoms with E-state index in [2.05, 4.69) is 10.0 Å². The molecule has 0 aliphatic heterocycles. The van der Waals surface area contributed by atoms with Gasteiger partial charge in [0.25, 0.3) is 10.0 Å². The van der Waals surface area contributed by atoms with Crippen molar-refractivity contribution in [1.82, 2.24) is 5.32 Å².